The maximum Gasteiger partial charge on any atom is 0.0589 e. The van der Waals surface area contributed by atoms with E-state index in [1.807, 2.05) is 12.1 Å². The molecular weight excluding hydrogens is 205 g/mol. The second-order valence-corrected chi connectivity index (χ2v) is 4.11. The molecule has 1 atom stereocenters. The fourth-order valence-corrected chi connectivity index (χ4v) is 1.66. The van der Waals surface area contributed by atoms with Crippen molar-refractivity contribution in [3.8, 4) is 0 Å². The fraction of sp³-hybridized carbons (Fsp3) is 0.500. The Hall–Kier alpha value is -0.270. The molecule has 0 aliphatic heterocycles. The number of halogens is 2. The van der Waals surface area contributed by atoms with Gasteiger partial charge in [0.15, 0.2) is 0 Å². The predicted molar refractivity (Wildman–Crippen MR) is 57.5 cm³/mol. The van der Waals surface area contributed by atoms with Gasteiger partial charge in [-0.3, -0.25) is 4.98 Å². The SMILES string of the molecule is CCCC(Cl)Cc1ccc(Cl)cn1. The molecule has 1 rings (SSSR count). The van der Waals surface area contributed by atoms with Crippen LogP contribution in [0.5, 0.6) is 0 Å². The van der Waals surface area contributed by atoms with Gasteiger partial charge in [-0.15, -0.1) is 11.6 Å². The van der Waals surface area contributed by atoms with E-state index in [1.165, 1.54) is 0 Å². The molecule has 1 unspecified atom stereocenters. The average Bonchev–Trinajstić information content (AvgIpc) is 2.09. The summed E-state index contributed by atoms with van der Waals surface area (Å²) in [7, 11) is 0. The second-order valence-electron chi connectivity index (χ2n) is 3.06. The number of rotatable bonds is 4. The lowest BCUT2D eigenvalue weighted by atomic mass is 10.1. The molecule has 0 bridgehead atoms. The van der Waals surface area contributed by atoms with Crippen molar-refractivity contribution in [3.63, 3.8) is 0 Å². The molecule has 0 aliphatic rings. The Labute approximate surface area is 89.1 Å². The van der Waals surface area contributed by atoms with E-state index >= 15 is 0 Å². The van der Waals surface area contributed by atoms with E-state index in [-0.39, 0.29) is 5.38 Å². The van der Waals surface area contributed by atoms with Crippen molar-refractivity contribution in [1.29, 1.82) is 0 Å². The molecule has 0 fully saturated rings. The zero-order chi connectivity index (χ0) is 9.68. The van der Waals surface area contributed by atoms with Crippen LogP contribution in [-0.2, 0) is 6.42 Å². The molecule has 1 heterocycles. The van der Waals surface area contributed by atoms with Crippen LogP contribution in [0.25, 0.3) is 0 Å². The van der Waals surface area contributed by atoms with Crippen molar-refractivity contribution >= 4 is 23.2 Å². The molecule has 0 amide bonds. The molecule has 0 radical (unpaired) electrons. The van der Waals surface area contributed by atoms with Crippen LogP contribution in [0.3, 0.4) is 0 Å². The summed E-state index contributed by atoms with van der Waals surface area (Å²) in [5, 5.41) is 0.865. The van der Waals surface area contributed by atoms with Crippen LogP contribution < -0.4 is 0 Å². The Kier molecular flexibility index (Phi) is 4.54. The minimum Gasteiger partial charge on any atom is -0.260 e. The largest absolute Gasteiger partial charge is 0.260 e. The summed E-state index contributed by atoms with van der Waals surface area (Å²) in [6.45, 7) is 2.13. The predicted octanol–water partition coefficient (Wildman–Crippen LogP) is 3.69. The molecule has 1 nitrogen and oxygen atoms in total. The Balaban J connectivity index is 2.49. The third-order valence-corrected chi connectivity index (χ3v) is 2.42. The molecule has 0 N–H and O–H groups in total. The molecule has 0 aliphatic carbocycles. The van der Waals surface area contributed by atoms with Crippen molar-refractivity contribution < 1.29 is 0 Å². The van der Waals surface area contributed by atoms with E-state index in [0.29, 0.717) is 5.02 Å². The first kappa shape index (κ1) is 10.8. The molecule has 0 saturated carbocycles. The van der Waals surface area contributed by atoms with E-state index in [4.69, 9.17) is 23.2 Å². The molecule has 13 heavy (non-hydrogen) atoms. The smallest absolute Gasteiger partial charge is 0.0589 e. The summed E-state index contributed by atoms with van der Waals surface area (Å²) >= 11 is 11.8. The lowest BCUT2D eigenvalue weighted by molar-refractivity contribution is 0.716. The Bertz CT molecular complexity index is 246. The maximum absolute atomic E-state index is 6.08. The number of alkyl halides is 1. The maximum atomic E-state index is 6.08. The van der Waals surface area contributed by atoms with Crippen molar-refractivity contribution in [2.75, 3.05) is 0 Å². The zero-order valence-corrected chi connectivity index (χ0v) is 9.15. The third kappa shape index (κ3) is 3.97. The number of aromatic nitrogens is 1. The summed E-state index contributed by atoms with van der Waals surface area (Å²) in [6, 6.07) is 3.77. The average molecular weight is 218 g/mol. The Morgan fingerprint density at radius 1 is 1.46 bits per heavy atom. The molecule has 3 heteroatoms. The summed E-state index contributed by atoms with van der Waals surface area (Å²) in [5.41, 5.74) is 1.01. The van der Waals surface area contributed by atoms with Crippen molar-refractivity contribution in [2.45, 2.75) is 31.6 Å². The van der Waals surface area contributed by atoms with Crippen LogP contribution in [0.2, 0.25) is 5.02 Å². The highest BCUT2D eigenvalue weighted by atomic mass is 35.5. The second kappa shape index (κ2) is 5.46. The molecule has 0 spiro atoms. The van der Waals surface area contributed by atoms with Crippen LogP contribution >= 0.6 is 23.2 Å². The summed E-state index contributed by atoms with van der Waals surface area (Å²) < 4.78 is 0. The van der Waals surface area contributed by atoms with E-state index in [9.17, 15) is 0 Å². The van der Waals surface area contributed by atoms with Crippen LogP contribution in [-0.4, -0.2) is 10.4 Å². The number of hydrogen-bond donors (Lipinski definition) is 0. The van der Waals surface area contributed by atoms with Gasteiger partial charge in [-0.05, 0) is 18.6 Å². The normalized spacial score (nSPS) is 12.8. The summed E-state index contributed by atoms with van der Waals surface area (Å²) in [4.78, 5) is 4.18. The summed E-state index contributed by atoms with van der Waals surface area (Å²) in [5.74, 6) is 0. The quantitative estimate of drug-likeness (QED) is 0.702. The number of pyridine rings is 1. The van der Waals surface area contributed by atoms with Gasteiger partial charge in [0.2, 0.25) is 0 Å². The summed E-state index contributed by atoms with van der Waals surface area (Å²) in [6.07, 6.45) is 4.63. The number of nitrogens with zero attached hydrogens (tertiary/aromatic N) is 1. The third-order valence-electron chi connectivity index (χ3n) is 1.82. The molecule has 0 saturated heterocycles. The molecule has 0 aromatic carbocycles. The lowest BCUT2D eigenvalue weighted by Crippen LogP contribution is -2.03. The fourth-order valence-electron chi connectivity index (χ4n) is 1.17. The molecule has 72 valence electrons. The van der Waals surface area contributed by atoms with Crippen molar-refractivity contribution in [1.82, 2.24) is 4.98 Å². The Morgan fingerprint density at radius 2 is 2.23 bits per heavy atom. The standard InChI is InChI=1S/C10H13Cl2N/c1-2-3-8(11)6-10-5-4-9(12)7-13-10/h4-5,7-8H,2-3,6H2,1H3. The first-order chi connectivity index (χ1) is 6.22. The van der Waals surface area contributed by atoms with E-state index in [1.54, 1.807) is 6.20 Å². The van der Waals surface area contributed by atoms with Crippen LogP contribution in [0, 0.1) is 0 Å². The minimum atomic E-state index is 0.193. The minimum absolute atomic E-state index is 0.193. The molecule has 1 aromatic heterocycles. The van der Waals surface area contributed by atoms with Crippen LogP contribution in [0.15, 0.2) is 18.3 Å². The topological polar surface area (TPSA) is 12.9 Å². The van der Waals surface area contributed by atoms with E-state index < -0.39 is 0 Å². The lowest BCUT2D eigenvalue weighted by Gasteiger charge is -2.06. The van der Waals surface area contributed by atoms with Gasteiger partial charge in [0, 0.05) is 23.7 Å². The highest BCUT2D eigenvalue weighted by Crippen LogP contribution is 2.13. The zero-order valence-electron chi connectivity index (χ0n) is 7.63. The highest BCUT2D eigenvalue weighted by Gasteiger charge is 2.05. The van der Waals surface area contributed by atoms with Crippen LogP contribution in [0.4, 0.5) is 0 Å². The van der Waals surface area contributed by atoms with Gasteiger partial charge in [-0.25, -0.2) is 0 Å². The molecular formula is C10H13Cl2N. The van der Waals surface area contributed by atoms with E-state index in [2.05, 4.69) is 11.9 Å². The van der Waals surface area contributed by atoms with Crippen LogP contribution in [0.1, 0.15) is 25.5 Å². The first-order valence-corrected chi connectivity index (χ1v) is 5.28. The van der Waals surface area contributed by atoms with Gasteiger partial charge in [-0.1, -0.05) is 24.9 Å². The monoisotopic (exact) mass is 217 g/mol. The van der Waals surface area contributed by atoms with Crippen molar-refractivity contribution in [3.05, 3.63) is 29.0 Å². The highest BCUT2D eigenvalue weighted by molar-refractivity contribution is 6.30. The van der Waals surface area contributed by atoms with Crippen molar-refractivity contribution in [2.24, 2.45) is 0 Å². The van der Waals surface area contributed by atoms with Gasteiger partial charge >= 0.3 is 0 Å². The van der Waals surface area contributed by atoms with Gasteiger partial charge in [-0.2, -0.15) is 0 Å². The number of hydrogen-bond acceptors (Lipinski definition) is 1. The van der Waals surface area contributed by atoms with E-state index in [0.717, 1.165) is 25.0 Å². The Morgan fingerprint density at radius 3 is 2.77 bits per heavy atom. The molecule has 1 aromatic rings. The van der Waals surface area contributed by atoms with Gasteiger partial charge in [0.25, 0.3) is 0 Å². The van der Waals surface area contributed by atoms with Gasteiger partial charge in [0.1, 0.15) is 0 Å². The van der Waals surface area contributed by atoms with Gasteiger partial charge < -0.3 is 0 Å². The van der Waals surface area contributed by atoms with Gasteiger partial charge in [0.05, 0.1) is 5.02 Å². The first-order valence-electron chi connectivity index (χ1n) is 4.47.